The molecule has 0 fully saturated rings. The molecule has 0 bridgehead atoms. The van der Waals surface area contributed by atoms with Gasteiger partial charge in [0.1, 0.15) is 11.8 Å². The number of fused-ring (bicyclic) bond motifs is 1. The van der Waals surface area contributed by atoms with E-state index in [4.69, 9.17) is 16.3 Å². The van der Waals surface area contributed by atoms with Crippen LogP contribution in [0.2, 0.25) is 5.02 Å². The summed E-state index contributed by atoms with van der Waals surface area (Å²) >= 11 is 6.19. The second kappa shape index (κ2) is 5.67. The van der Waals surface area contributed by atoms with Gasteiger partial charge in [0.25, 0.3) is 0 Å². The lowest BCUT2D eigenvalue weighted by atomic mass is 10.1. The summed E-state index contributed by atoms with van der Waals surface area (Å²) in [6.07, 6.45) is 0.904. The highest BCUT2D eigenvalue weighted by Gasteiger charge is 2.19. The largest absolute Gasteiger partial charge is 0.493 e. The number of nitriles is 1. The second-order valence-electron chi connectivity index (χ2n) is 5.14. The van der Waals surface area contributed by atoms with Gasteiger partial charge in [0, 0.05) is 30.6 Å². The molecule has 0 saturated carbocycles. The fourth-order valence-corrected chi connectivity index (χ4v) is 2.97. The van der Waals surface area contributed by atoms with Crippen LogP contribution in [0.4, 0.5) is 5.69 Å². The fraction of sp³-hybridized carbons (Fsp3) is 0.235. The van der Waals surface area contributed by atoms with Crippen LogP contribution >= 0.6 is 11.6 Å². The van der Waals surface area contributed by atoms with Gasteiger partial charge >= 0.3 is 0 Å². The number of hydrogen-bond acceptors (Lipinski definition) is 3. The van der Waals surface area contributed by atoms with Gasteiger partial charge in [-0.1, -0.05) is 23.7 Å². The lowest BCUT2D eigenvalue weighted by Gasteiger charge is -2.22. The van der Waals surface area contributed by atoms with E-state index in [1.54, 1.807) is 0 Å². The number of benzene rings is 2. The van der Waals surface area contributed by atoms with Crippen molar-refractivity contribution in [2.24, 2.45) is 0 Å². The number of anilines is 1. The Labute approximate surface area is 129 Å². The minimum Gasteiger partial charge on any atom is -0.493 e. The monoisotopic (exact) mass is 298 g/mol. The molecule has 2 aromatic carbocycles. The van der Waals surface area contributed by atoms with E-state index in [9.17, 15) is 5.26 Å². The Hall–Kier alpha value is -2.18. The standard InChI is InChI=1S/C17H15ClN2O/c1-20(16-5-3-2-4-13(16)10-19)11-14-9-15(18)8-12-6-7-21-17(12)14/h2-5,8-9H,6-7,11H2,1H3. The fourth-order valence-electron chi connectivity index (χ4n) is 2.71. The van der Waals surface area contributed by atoms with Crippen LogP contribution in [0.15, 0.2) is 36.4 Å². The predicted molar refractivity (Wildman–Crippen MR) is 83.9 cm³/mol. The maximum Gasteiger partial charge on any atom is 0.127 e. The predicted octanol–water partition coefficient (Wildman–Crippen LogP) is 3.78. The van der Waals surface area contributed by atoms with Gasteiger partial charge in [-0.25, -0.2) is 0 Å². The highest BCUT2D eigenvalue weighted by Crippen LogP contribution is 2.34. The summed E-state index contributed by atoms with van der Waals surface area (Å²) in [5.74, 6) is 0.945. The summed E-state index contributed by atoms with van der Waals surface area (Å²) in [4.78, 5) is 2.05. The minimum absolute atomic E-state index is 0.654. The van der Waals surface area contributed by atoms with Gasteiger partial charge in [0.2, 0.25) is 0 Å². The topological polar surface area (TPSA) is 36.3 Å². The molecule has 0 N–H and O–H groups in total. The van der Waals surface area contributed by atoms with Crippen molar-refractivity contribution in [3.63, 3.8) is 0 Å². The average molecular weight is 299 g/mol. The van der Waals surface area contributed by atoms with E-state index >= 15 is 0 Å². The molecule has 0 unspecified atom stereocenters. The molecule has 3 nitrogen and oxygen atoms in total. The number of hydrogen-bond donors (Lipinski definition) is 0. The Balaban J connectivity index is 1.92. The smallest absolute Gasteiger partial charge is 0.127 e. The average Bonchev–Trinajstić information content (AvgIpc) is 2.95. The molecule has 0 saturated heterocycles. The normalized spacial score (nSPS) is 12.4. The van der Waals surface area contributed by atoms with Crippen LogP contribution in [0.1, 0.15) is 16.7 Å². The third kappa shape index (κ3) is 2.68. The molecule has 4 heteroatoms. The highest BCUT2D eigenvalue weighted by atomic mass is 35.5. The van der Waals surface area contributed by atoms with Crippen molar-refractivity contribution < 1.29 is 4.74 Å². The van der Waals surface area contributed by atoms with Gasteiger partial charge in [0.15, 0.2) is 0 Å². The Bertz CT molecular complexity index is 721. The molecule has 0 radical (unpaired) electrons. The van der Waals surface area contributed by atoms with Crippen LogP contribution in [0.5, 0.6) is 5.75 Å². The van der Waals surface area contributed by atoms with E-state index in [1.807, 2.05) is 48.3 Å². The second-order valence-corrected chi connectivity index (χ2v) is 5.57. The molecule has 0 spiro atoms. The molecule has 3 rings (SSSR count). The third-order valence-electron chi connectivity index (χ3n) is 3.67. The van der Waals surface area contributed by atoms with Gasteiger partial charge in [0.05, 0.1) is 17.9 Å². The Morgan fingerprint density at radius 2 is 2.14 bits per heavy atom. The van der Waals surface area contributed by atoms with E-state index in [1.165, 1.54) is 5.56 Å². The van der Waals surface area contributed by atoms with Crippen molar-refractivity contribution in [3.8, 4) is 11.8 Å². The Kier molecular flexibility index (Phi) is 3.72. The lowest BCUT2D eigenvalue weighted by molar-refractivity contribution is 0.353. The van der Waals surface area contributed by atoms with E-state index in [2.05, 4.69) is 6.07 Å². The van der Waals surface area contributed by atoms with Gasteiger partial charge in [-0.15, -0.1) is 0 Å². The summed E-state index contributed by atoms with van der Waals surface area (Å²) in [5, 5.41) is 9.94. The number of para-hydroxylation sites is 1. The van der Waals surface area contributed by atoms with Gasteiger partial charge in [-0.05, 0) is 29.8 Å². The summed E-state index contributed by atoms with van der Waals surface area (Å²) in [6.45, 7) is 1.36. The summed E-state index contributed by atoms with van der Waals surface area (Å²) in [7, 11) is 1.97. The zero-order chi connectivity index (χ0) is 14.8. The number of ether oxygens (including phenoxy) is 1. The molecular weight excluding hydrogens is 284 g/mol. The third-order valence-corrected chi connectivity index (χ3v) is 3.89. The molecule has 0 aliphatic carbocycles. The van der Waals surface area contributed by atoms with Crippen molar-refractivity contribution in [3.05, 3.63) is 58.1 Å². The molecule has 0 atom stereocenters. The van der Waals surface area contributed by atoms with Crippen LogP contribution in [-0.4, -0.2) is 13.7 Å². The first-order valence-electron chi connectivity index (χ1n) is 6.83. The van der Waals surface area contributed by atoms with Crippen LogP contribution in [0.25, 0.3) is 0 Å². The first kappa shape index (κ1) is 13.8. The van der Waals surface area contributed by atoms with Crippen molar-refractivity contribution >= 4 is 17.3 Å². The van der Waals surface area contributed by atoms with Crippen LogP contribution in [0, 0.1) is 11.3 Å². The van der Waals surface area contributed by atoms with E-state index in [0.717, 1.165) is 28.4 Å². The van der Waals surface area contributed by atoms with Gasteiger partial charge < -0.3 is 9.64 Å². The molecule has 1 aliphatic rings. The van der Waals surface area contributed by atoms with Crippen LogP contribution in [-0.2, 0) is 13.0 Å². The quantitative estimate of drug-likeness (QED) is 0.865. The number of rotatable bonds is 3. The molecule has 1 aliphatic heterocycles. The SMILES string of the molecule is CN(Cc1cc(Cl)cc2c1OCC2)c1ccccc1C#N. The number of halogens is 1. The van der Waals surface area contributed by atoms with Crippen LogP contribution < -0.4 is 9.64 Å². The molecule has 2 aromatic rings. The molecule has 1 heterocycles. The van der Waals surface area contributed by atoms with Crippen molar-refractivity contribution in [2.75, 3.05) is 18.6 Å². The van der Waals surface area contributed by atoms with Gasteiger partial charge in [-0.2, -0.15) is 5.26 Å². The first-order valence-corrected chi connectivity index (χ1v) is 7.21. The Morgan fingerprint density at radius 3 is 2.95 bits per heavy atom. The van der Waals surface area contributed by atoms with E-state index < -0.39 is 0 Å². The summed E-state index contributed by atoms with van der Waals surface area (Å²) in [5.41, 5.74) is 3.80. The van der Waals surface area contributed by atoms with E-state index in [-0.39, 0.29) is 0 Å². The maximum atomic E-state index is 9.21. The molecule has 106 valence electrons. The highest BCUT2D eigenvalue weighted by molar-refractivity contribution is 6.30. The van der Waals surface area contributed by atoms with Crippen LogP contribution in [0.3, 0.4) is 0 Å². The van der Waals surface area contributed by atoms with Gasteiger partial charge in [-0.3, -0.25) is 0 Å². The van der Waals surface area contributed by atoms with Crippen molar-refractivity contribution in [1.29, 1.82) is 5.26 Å². The number of nitrogens with zero attached hydrogens (tertiary/aromatic N) is 2. The molecule has 0 aromatic heterocycles. The zero-order valence-electron chi connectivity index (χ0n) is 11.8. The first-order chi connectivity index (χ1) is 10.2. The zero-order valence-corrected chi connectivity index (χ0v) is 12.5. The summed E-state index contributed by atoms with van der Waals surface area (Å²) < 4.78 is 5.73. The lowest BCUT2D eigenvalue weighted by Crippen LogP contribution is -2.18. The Morgan fingerprint density at radius 1 is 1.33 bits per heavy atom. The van der Waals surface area contributed by atoms with E-state index in [0.29, 0.717) is 18.7 Å². The molecular formula is C17H15ClN2O. The molecule has 21 heavy (non-hydrogen) atoms. The van der Waals surface area contributed by atoms with Crippen molar-refractivity contribution in [1.82, 2.24) is 0 Å². The van der Waals surface area contributed by atoms with Crippen molar-refractivity contribution in [2.45, 2.75) is 13.0 Å². The molecule has 0 amide bonds. The maximum absolute atomic E-state index is 9.21. The summed E-state index contributed by atoms with van der Waals surface area (Å²) in [6, 6.07) is 13.7. The minimum atomic E-state index is 0.654.